The zero-order valence-corrected chi connectivity index (χ0v) is 17.3. The van der Waals surface area contributed by atoms with Crippen LogP contribution in [-0.2, 0) is 6.54 Å². The van der Waals surface area contributed by atoms with E-state index in [1.165, 1.54) is 0 Å². The van der Waals surface area contributed by atoms with E-state index in [4.69, 9.17) is 9.84 Å². The molecular weight excluding hydrogens is 364 g/mol. The molecule has 3 aromatic rings. The van der Waals surface area contributed by atoms with E-state index in [0.717, 1.165) is 29.8 Å². The van der Waals surface area contributed by atoms with Crippen LogP contribution in [0.25, 0.3) is 11.3 Å². The molecule has 0 fully saturated rings. The molecular formula is C23H28N4O2. The molecule has 2 aromatic carbocycles. The van der Waals surface area contributed by atoms with E-state index < -0.39 is 0 Å². The fourth-order valence-electron chi connectivity index (χ4n) is 3.09. The molecule has 6 nitrogen and oxygen atoms in total. The van der Waals surface area contributed by atoms with Gasteiger partial charge in [0.05, 0.1) is 19.2 Å². The van der Waals surface area contributed by atoms with Gasteiger partial charge in [-0.15, -0.1) is 0 Å². The Morgan fingerprint density at radius 1 is 1.10 bits per heavy atom. The van der Waals surface area contributed by atoms with Crippen LogP contribution in [0.15, 0.2) is 60.8 Å². The number of nitrogens with zero attached hydrogens (tertiary/aromatic N) is 3. The normalized spacial score (nSPS) is 10.9. The lowest BCUT2D eigenvalue weighted by atomic mass is 10.1. The first kappa shape index (κ1) is 20.6. The maximum absolute atomic E-state index is 12.9. The Hall–Kier alpha value is -3.12. The Morgan fingerprint density at radius 2 is 1.83 bits per heavy atom. The Kier molecular flexibility index (Phi) is 7.03. The van der Waals surface area contributed by atoms with Crippen LogP contribution in [0, 0.1) is 0 Å². The molecule has 29 heavy (non-hydrogen) atoms. The van der Waals surface area contributed by atoms with Gasteiger partial charge in [0.25, 0.3) is 5.91 Å². The van der Waals surface area contributed by atoms with E-state index in [1.54, 1.807) is 7.11 Å². The number of nitrogens with one attached hydrogen (secondary N) is 1. The topological polar surface area (TPSA) is 59.4 Å². The van der Waals surface area contributed by atoms with Crippen molar-refractivity contribution in [3.63, 3.8) is 0 Å². The molecule has 3 rings (SSSR count). The molecule has 6 heteroatoms. The maximum Gasteiger partial charge on any atom is 0.255 e. The summed E-state index contributed by atoms with van der Waals surface area (Å²) in [6, 6.07) is 17.7. The molecule has 1 heterocycles. The molecule has 0 unspecified atom stereocenters. The highest BCUT2D eigenvalue weighted by atomic mass is 16.5. The van der Waals surface area contributed by atoms with Crippen LogP contribution in [0.1, 0.15) is 22.3 Å². The number of hydrogen-bond donors (Lipinski definition) is 1. The quantitative estimate of drug-likeness (QED) is 0.568. The summed E-state index contributed by atoms with van der Waals surface area (Å²) >= 11 is 0. The first-order valence-corrected chi connectivity index (χ1v) is 9.75. The molecule has 0 spiro atoms. The van der Waals surface area contributed by atoms with Gasteiger partial charge in [-0.3, -0.25) is 9.48 Å². The molecule has 0 aliphatic rings. The summed E-state index contributed by atoms with van der Waals surface area (Å²) in [4.78, 5) is 15.0. The number of rotatable bonds is 9. The van der Waals surface area contributed by atoms with Crippen LogP contribution in [0.3, 0.4) is 0 Å². The van der Waals surface area contributed by atoms with E-state index >= 15 is 0 Å². The van der Waals surface area contributed by atoms with Gasteiger partial charge in [0, 0.05) is 18.3 Å². The van der Waals surface area contributed by atoms with Crippen molar-refractivity contribution in [1.82, 2.24) is 20.0 Å². The third-order valence-electron chi connectivity index (χ3n) is 4.62. The highest BCUT2D eigenvalue weighted by Crippen LogP contribution is 2.25. The van der Waals surface area contributed by atoms with Crippen molar-refractivity contribution >= 4 is 5.91 Å². The van der Waals surface area contributed by atoms with Crippen molar-refractivity contribution in [2.45, 2.75) is 13.0 Å². The maximum atomic E-state index is 12.9. The monoisotopic (exact) mass is 392 g/mol. The van der Waals surface area contributed by atoms with Gasteiger partial charge in [0.1, 0.15) is 11.4 Å². The second kappa shape index (κ2) is 9.89. The zero-order valence-electron chi connectivity index (χ0n) is 17.3. The highest BCUT2D eigenvalue weighted by molar-refractivity contribution is 5.99. The molecule has 0 aliphatic heterocycles. The summed E-state index contributed by atoms with van der Waals surface area (Å²) in [5.74, 6) is 0.668. The predicted octanol–water partition coefficient (Wildman–Crippen LogP) is 3.29. The fourth-order valence-corrected chi connectivity index (χ4v) is 3.09. The Bertz CT molecular complexity index is 918. The van der Waals surface area contributed by atoms with Crippen LogP contribution in [0.5, 0.6) is 5.75 Å². The van der Waals surface area contributed by atoms with Gasteiger partial charge < -0.3 is 15.0 Å². The van der Waals surface area contributed by atoms with Gasteiger partial charge in [-0.25, -0.2) is 0 Å². The van der Waals surface area contributed by atoms with Gasteiger partial charge in [-0.1, -0.05) is 30.3 Å². The second-order valence-electron chi connectivity index (χ2n) is 7.22. The van der Waals surface area contributed by atoms with Gasteiger partial charge in [-0.05, 0) is 56.9 Å². The molecule has 0 atom stereocenters. The third kappa shape index (κ3) is 5.68. The molecule has 0 radical (unpaired) electrons. The summed E-state index contributed by atoms with van der Waals surface area (Å²) in [6.45, 7) is 2.17. The Balaban J connectivity index is 1.84. The molecule has 0 aliphatic carbocycles. The van der Waals surface area contributed by atoms with Crippen molar-refractivity contribution < 1.29 is 9.53 Å². The predicted molar refractivity (Wildman–Crippen MR) is 115 cm³/mol. The van der Waals surface area contributed by atoms with Crippen molar-refractivity contribution in [3.8, 4) is 17.0 Å². The number of benzene rings is 2. The van der Waals surface area contributed by atoms with Gasteiger partial charge in [0.2, 0.25) is 0 Å². The Labute approximate surface area is 172 Å². The smallest absolute Gasteiger partial charge is 0.255 e. The highest BCUT2D eigenvalue weighted by Gasteiger charge is 2.18. The van der Waals surface area contributed by atoms with Gasteiger partial charge >= 0.3 is 0 Å². The van der Waals surface area contributed by atoms with Crippen LogP contribution < -0.4 is 10.1 Å². The van der Waals surface area contributed by atoms with Gasteiger partial charge in [0.15, 0.2) is 0 Å². The number of ether oxygens (including phenoxy) is 1. The van der Waals surface area contributed by atoms with E-state index in [1.807, 2.05) is 67.4 Å². The minimum atomic E-state index is -0.103. The first-order valence-electron chi connectivity index (χ1n) is 9.75. The van der Waals surface area contributed by atoms with Crippen LogP contribution in [-0.4, -0.2) is 54.9 Å². The molecule has 1 N–H and O–H groups in total. The minimum absolute atomic E-state index is 0.103. The standard InChI is InChI=1S/C23H28N4O2/c1-26(2)15-7-14-24-23(28)21-17-27(16-18-8-5-4-6-9-18)25-22(21)19-10-12-20(29-3)13-11-19/h4-6,8-13,17H,7,14-16H2,1-3H3,(H,24,28). The molecule has 0 saturated carbocycles. The average molecular weight is 393 g/mol. The van der Waals surface area contributed by atoms with Crippen molar-refractivity contribution in [1.29, 1.82) is 0 Å². The third-order valence-corrected chi connectivity index (χ3v) is 4.62. The van der Waals surface area contributed by atoms with Crippen molar-refractivity contribution in [2.24, 2.45) is 0 Å². The molecule has 1 amide bonds. The fraction of sp³-hybridized carbons (Fsp3) is 0.304. The van der Waals surface area contributed by atoms with E-state index in [2.05, 4.69) is 22.3 Å². The summed E-state index contributed by atoms with van der Waals surface area (Å²) in [6.07, 6.45) is 2.72. The summed E-state index contributed by atoms with van der Waals surface area (Å²) in [7, 11) is 5.69. The van der Waals surface area contributed by atoms with Crippen LogP contribution in [0.2, 0.25) is 0 Å². The van der Waals surface area contributed by atoms with E-state index in [0.29, 0.717) is 24.3 Å². The second-order valence-corrected chi connectivity index (χ2v) is 7.22. The average Bonchev–Trinajstić information content (AvgIpc) is 3.15. The lowest BCUT2D eigenvalue weighted by molar-refractivity contribution is 0.0953. The summed E-state index contributed by atoms with van der Waals surface area (Å²) < 4.78 is 7.07. The molecule has 1 aromatic heterocycles. The number of methoxy groups -OCH3 is 1. The van der Waals surface area contributed by atoms with Crippen molar-refractivity contribution in [2.75, 3.05) is 34.3 Å². The zero-order chi connectivity index (χ0) is 20.6. The summed E-state index contributed by atoms with van der Waals surface area (Å²) in [5.41, 5.74) is 3.27. The molecule has 152 valence electrons. The number of carbonyl (C=O) groups is 1. The van der Waals surface area contributed by atoms with E-state index in [9.17, 15) is 4.79 Å². The van der Waals surface area contributed by atoms with E-state index in [-0.39, 0.29) is 5.91 Å². The lowest BCUT2D eigenvalue weighted by Crippen LogP contribution is -2.27. The van der Waals surface area contributed by atoms with Crippen LogP contribution >= 0.6 is 0 Å². The number of amides is 1. The number of aromatic nitrogens is 2. The lowest BCUT2D eigenvalue weighted by Gasteiger charge is -2.10. The Morgan fingerprint density at radius 3 is 2.48 bits per heavy atom. The largest absolute Gasteiger partial charge is 0.497 e. The van der Waals surface area contributed by atoms with Crippen molar-refractivity contribution in [3.05, 3.63) is 71.9 Å². The SMILES string of the molecule is COc1ccc(-c2nn(Cc3ccccc3)cc2C(=O)NCCCN(C)C)cc1. The summed E-state index contributed by atoms with van der Waals surface area (Å²) in [5, 5.41) is 7.74. The van der Waals surface area contributed by atoms with Gasteiger partial charge in [-0.2, -0.15) is 5.10 Å². The molecule has 0 bridgehead atoms. The minimum Gasteiger partial charge on any atom is -0.497 e. The molecule has 0 saturated heterocycles. The first-order chi connectivity index (χ1) is 14.1. The number of carbonyl (C=O) groups excluding carboxylic acids is 1. The number of hydrogen-bond acceptors (Lipinski definition) is 4. The van der Waals surface area contributed by atoms with Crippen LogP contribution in [0.4, 0.5) is 0 Å².